The van der Waals surface area contributed by atoms with Crippen LogP contribution < -0.4 is 5.73 Å². The zero-order chi connectivity index (χ0) is 13.1. The molecule has 0 radical (unpaired) electrons. The monoisotopic (exact) mass is 236 g/mol. The van der Waals surface area contributed by atoms with Crippen LogP contribution in [0.15, 0.2) is 18.2 Å². The van der Waals surface area contributed by atoms with Crippen molar-refractivity contribution in [3.05, 3.63) is 39.4 Å². The minimum Gasteiger partial charge on any atom is -0.325 e. The second-order valence-corrected chi connectivity index (χ2v) is 4.90. The van der Waals surface area contributed by atoms with E-state index in [2.05, 4.69) is 6.92 Å². The molecule has 1 unspecified atom stereocenters. The van der Waals surface area contributed by atoms with Gasteiger partial charge in [0.15, 0.2) is 0 Å². The van der Waals surface area contributed by atoms with Gasteiger partial charge in [-0.1, -0.05) is 25.5 Å². The van der Waals surface area contributed by atoms with E-state index in [-0.39, 0.29) is 16.1 Å². The van der Waals surface area contributed by atoms with Gasteiger partial charge >= 0.3 is 0 Å². The summed E-state index contributed by atoms with van der Waals surface area (Å²) in [5, 5.41) is 10.8. The molecule has 0 saturated heterocycles. The Kier molecular flexibility index (Phi) is 4.23. The van der Waals surface area contributed by atoms with Gasteiger partial charge < -0.3 is 5.73 Å². The van der Waals surface area contributed by atoms with E-state index in [1.165, 1.54) is 6.07 Å². The summed E-state index contributed by atoms with van der Waals surface area (Å²) in [5.74, 6) is 0. The average molecular weight is 236 g/mol. The fourth-order valence-corrected chi connectivity index (χ4v) is 2.15. The van der Waals surface area contributed by atoms with E-state index in [0.717, 1.165) is 24.0 Å². The van der Waals surface area contributed by atoms with Crippen LogP contribution in [0.3, 0.4) is 0 Å². The van der Waals surface area contributed by atoms with E-state index >= 15 is 0 Å². The van der Waals surface area contributed by atoms with Crippen LogP contribution in [-0.2, 0) is 6.42 Å². The highest BCUT2D eigenvalue weighted by atomic mass is 16.6. The summed E-state index contributed by atoms with van der Waals surface area (Å²) in [6, 6.07) is 5.18. The van der Waals surface area contributed by atoms with Crippen LogP contribution in [0.2, 0.25) is 0 Å². The maximum absolute atomic E-state index is 10.8. The van der Waals surface area contributed by atoms with Gasteiger partial charge in [0.2, 0.25) is 0 Å². The fraction of sp³-hybridized carbons (Fsp3) is 0.538. The molecule has 2 N–H and O–H groups in total. The van der Waals surface area contributed by atoms with Crippen LogP contribution in [0.4, 0.5) is 5.69 Å². The number of benzene rings is 1. The molecule has 0 aliphatic carbocycles. The van der Waals surface area contributed by atoms with Gasteiger partial charge in [0.25, 0.3) is 5.69 Å². The van der Waals surface area contributed by atoms with E-state index < -0.39 is 0 Å². The molecule has 0 amide bonds. The largest absolute Gasteiger partial charge is 0.325 e. The normalized spacial score (nSPS) is 14.4. The van der Waals surface area contributed by atoms with Crippen molar-refractivity contribution in [2.24, 2.45) is 5.73 Å². The molecule has 0 bridgehead atoms. The first kappa shape index (κ1) is 13.6. The van der Waals surface area contributed by atoms with E-state index in [1.807, 2.05) is 13.0 Å². The van der Waals surface area contributed by atoms with Gasteiger partial charge in [-0.25, -0.2) is 0 Å². The average Bonchev–Trinajstić information content (AvgIpc) is 2.20. The summed E-state index contributed by atoms with van der Waals surface area (Å²) in [4.78, 5) is 10.5. The van der Waals surface area contributed by atoms with Crippen LogP contribution in [0.1, 0.15) is 37.8 Å². The number of hydrogen-bond donors (Lipinski definition) is 1. The Bertz CT molecular complexity index is 414. The molecular weight excluding hydrogens is 216 g/mol. The molecular formula is C13H20N2O2. The summed E-state index contributed by atoms with van der Waals surface area (Å²) in [6.07, 6.45) is 2.60. The van der Waals surface area contributed by atoms with E-state index in [0.29, 0.717) is 6.42 Å². The van der Waals surface area contributed by atoms with Crippen molar-refractivity contribution < 1.29 is 4.92 Å². The molecule has 1 atom stereocenters. The van der Waals surface area contributed by atoms with Crippen molar-refractivity contribution in [2.45, 2.75) is 45.6 Å². The standard InChI is InChI=1S/C13H20N2O2/c1-4-8-13(3,14)9-11-6-5-7-12(10(11)2)15(16)17/h5-7H,4,8-9,14H2,1-3H3. The van der Waals surface area contributed by atoms with Gasteiger partial charge in [-0.2, -0.15) is 0 Å². The molecule has 0 aliphatic heterocycles. The first-order chi connectivity index (χ1) is 7.87. The van der Waals surface area contributed by atoms with Crippen LogP contribution in [0.25, 0.3) is 0 Å². The Hall–Kier alpha value is -1.42. The summed E-state index contributed by atoms with van der Waals surface area (Å²) in [6.45, 7) is 5.87. The number of rotatable bonds is 5. The molecule has 0 saturated carbocycles. The third-order valence-corrected chi connectivity index (χ3v) is 3.03. The Labute approximate surface area is 102 Å². The second kappa shape index (κ2) is 5.27. The van der Waals surface area contributed by atoms with Gasteiger partial charge in [-0.05, 0) is 32.3 Å². The first-order valence-corrected chi connectivity index (χ1v) is 5.89. The SMILES string of the molecule is CCCC(C)(N)Cc1cccc([N+](=O)[O-])c1C. The van der Waals surface area contributed by atoms with Gasteiger partial charge in [-0.3, -0.25) is 10.1 Å². The maximum Gasteiger partial charge on any atom is 0.272 e. The summed E-state index contributed by atoms with van der Waals surface area (Å²) in [7, 11) is 0. The maximum atomic E-state index is 10.8. The van der Waals surface area contributed by atoms with Gasteiger partial charge in [0, 0.05) is 17.2 Å². The molecule has 0 aliphatic rings. The first-order valence-electron chi connectivity index (χ1n) is 5.89. The van der Waals surface area contributed by atoms with Crippen LogP contribution in [0.5, 0.6) is 0 Å². The zero-order valence-electron chi connectivity index (χ0n) is 10.7. The third-order valence-electron chi connectivity index (χ3n) is 3.03. The van der Waals surface area contributed by atoms with Crippen LogP contribution in [0, 0.1) is 17.0 Å². The number of nitrogens with two attached hydrogens (primary N) is 1. The summed E-state index contributed by atoms with van der Waals surface area (Å²) < 4.78 is 0. The Morgan fingerprint density at radius 3 is 2.65 bits per heavy atom. The smallest absolute Gasteiger partial charge is 0.272 e. The Balaban J connectivity index is 3.00. The molecule has 4 heteroatoms. The number of nitro groups is 1. The van der Waals surface area contributed by atoms with Crippen molar-refractivity contribution in [3.8, 4) is 0 Å². The predicted molar refractivity (Wildman–Crippen MR) is 69.0 cm³/mol. The molecule has 94 valence electrons. The Morgan fingerprint density at radius 1 is 1.47 bits per heavy atom. The van der Waals surface area contributed by atoms with Crippen LogP contribution in [-0.4, -0.2) is 10.5 Å². The molecule has 17 heavy (non-hydrogen) atoms. The lowest BCUT2D eigenvalue weighted by Crippen LogP contribution is -2.38. The fourth-order valence-electron chi connectivity index (χ4n) is 2.15. The van der Waals surface area contributed by atoms with Gasteiger partial charge in [0.1, 0.15) is 0 Å². The van der Waals surface area contributed by atoms with Crippen molar-refractivity contribution in [1.82, 2.24) is 0 Å². The number of hydrogen-bond acceptors (Lipinski definition) is 3. The summed E-state index contributed by atoms with van der Waals surface area (Å²) >= 11 is 0. The lowest BCUT2D eigenvalue weighted by atomic mass is 9.87. The second-order valence-electron chi connectivity index (χ2n) is 4.90. The lowest BCUT2D eigenvalue weighted by Gasteiger charge is -2.24. The molecule has 0 heterocycles. The lowest BCUT2D eigenvalue weighted by molar-refractivity contribution is -0.385. The molecule has 1 aromatic rings. The minimum absolute atomic E-state index is 0.176. The molecule has 0 fully saturated rings. The van der Waals surface area contributed by atoms with Gasteiger partial charge in [-0.15, -0.1) is 0 Å². The van der Waals surface area contributed by atoms with Crippen LogP contribution >= 0.6 is 0 Å². The molecule has 4 nitrogen and oxygen atoms in total. The number of nitrogens with zero attached hydrogens (tertiary/aromatic N) is 1. The Morgan fingerprint density at radius 2 is 2.12 bits per heavy atom. The van der Waals surface area contributed by atoms with E-state index in [9.17, 15) is 10.1 Å². The molecule has 0 aromatic heterocycles. The topological polar surface area (TPSA) is 69.2 Å². The van der Waals surface area contributed by atoms with Crippen molar-refractivity contribution in [1.29, 1.82) is 0 Å². The van der Waals surface area contributed by atoms with Crippen molar-refractivity contribution >= 4 is 5.69 Å². The quantitative estimate of drug-likeness (QED) is 0.631. The van der Waals surface area contributed by atoms with Crippen molar-refractivity contribution in [3.63, 3.8) is 0 Å². The highest BCUT2D eigenvalue weighted by molar-refractivity contribution is 5.45. The minimum atomic E-state index is -0.341. The molecule has 0 spiro atoms. The van der Waals surface area contributed by atoms with Crippen molar-refractivity contribution in [2.75, 3.05) is 0 Å². The number of nitro benzene ring substituents is 1. The van der Waals surface area contributed by atoms with E-state index in [1.54, 1.807) is 13.0 Å². The molecule has 1 aromatic carbocycles. The summed E-state index contributed by atoms with van der Waals surface area (Å²) in [5.41, 5.74) is 7.76. The van der Waals surface area contributed by atoms with Gasteiger partial charge in [0.05, 0.1) is 4.92 Å². The zero-order valence-corrected chi connectivity index (χ0v) is 10.7. The molecule has 1 rings (SSSR count). The predicted octanol–water partition coefficient (Wildman–Crippen LogP) is 2.96. The van der Waals surface area contributed by atoms with E-state index in [4.69, 9.17) is 5.73 Å². The highest BCUT2D eigenvalue weighted by Gasteiger charge is 2.21. The highest BCUT2D eigenvalue weighted by Crippen LogP contribution is 2.25. The third kappa shape index (κ3) is 3.53.